The summed E-state index contributed by atoms with van der Waals surface area (Å²) in [6.07, 6.45) is -1.23. The van der Waals surface area contributed by atoms with Crippen LogP contribution >= 0.6 is 0 Å². The molecule has 28 heavy (non-hydrogen) atoms. The van der Waals surface area contributed by atoms with Crippen molar-refractivity contribution in [1.29, 1.82) is 0 Å². The van der Waals surface area contributed by atoms with Crippen LogP contribution < -0.4 is 10.6 Å². The summed E-state index contributed by atoms with van der Waals surface area (Å²) in [7, 11) is 0. The Morgan fingerprint density at radius 1 is 0.857 bits per heavy atom. The van der Waals surface area contributed by atoms with Gasteiger partial charge in [-0.05, 0) is 42.5 Å². The molecule has 2 aromatic carbocycles. The molecule has 4 aromatic rings. The van der Waals surface area contributed by atoms with Crippen molar-refractivity contribution < 1.29 is 18.0 Å². The zero-order valence-electron chi connectivity index (χ0n) is 14.3. The average Bonchev–Trinajstić information content (AvgIpc) is 2.68. The SMILES string of the molecule is O=C(Nc1cccc(C(F)(F)F)c1)Nc1cc2cccnc2c2cccnc12. The summed E-state index contributed by atoms with van der Waals surface area (Å²) in [5, 5.41) is 6.65. The molecule has 5 nitrogen and oxygen atoms in total. The second-order valence-corrected chi connectivity index (χ2v) is 6.06. The molecule has 0 fully saturated rings. The minimum absolute atomic E-state index is 0.0343. The van der Waals surface area contributed by atoms with Gasteiger partial charge in [-0.3, -0.25) is 9.97 Å². The van der Waals surface area contributed by atoms with E-state index in [4.69, 9.17) is 0 Å². The standard InChI is InChI=1S/C20H13F3N4O/c21-20(22,23)13-5-1-6-14(11-13)26-19(28)27-16-10-12-4-2-8-24-17(12)15-7-3-9-25-18(15)16/h1-11H,(H2,26,27,28). The predicted octanol–water partition coefficient (Wildman–Crippen LogP) is 5.45. The van der Waals surface area contributed by atoms with Crippen molar-refractivity contribution in [2.45, 2.75) is 6.18 Å². The summed E-state index contributed by atoms with van der Waals surface area (Å²) >= 11 is 0. The Bertz CT molecular complexity index is 1190. The van der Waals surface area contributed by atoms with Crippen molar-refractivity contribution >= 4 is 39.2 Å². The van der Waals surface area contributed by atoms with Crippen LogP contribution in [0.4, 0.5) is 29.3 Å². The molecule has 2 amide bonds. The number of fused-ring (bicyclic) bond motifs is 3. The summed E-state index contributed by atoms with van der Waals surface area (Å²) in [5.74, 6) is 0. The average molecular weight is 382 g/mol. The van der Waals surface area contributed by atoms with Crippen LogP contribution in [0.2, 0.25) is 0 Å². The molecule has 0 atom stereocenters. The van der Waals surface area contributed by atoms with Gasteiger partial charge in [-0.2, -0.15) is 13.2 Å². The first-order valence-electron chi connectivity index (χ1n) is 8.29. The largest absolute Gasteiger partial charge is 0.416 e. The number of hydrogen-bond acceptors (Lipinski definition) is 3. The fourth-order valence-corrected chi connectivity index (χ4v) is 2.95. The first-order valence-corrected chi connectivity index (χ1v) is 8.29. The lowest BCUT2D eigenvalue weighted by Crippen LogP contribution is -2.20. The number of carbonyl (C=O) groups excluding carboxylic acids is 1. The molecule has 0 saturated heterocycles. The van der Waals surface area contributed by atoms with Crippen molar-refractivity contribution in [3.8, 4) is 0 Å². The van der Waals surface area contributed by atoms with Crippen LogP contribution in [0.3, 0.4) is 0 Å². The van der Waals surface area contributed by atoms with Gasteiger partial charge in [0.25, 0.3) is 0 Å². The van der Waals surface area contributed by atoms with Crippen LogP contribution in [-0.2, 0) is 6.18 Å². The van der Waals surface area contributed by atoms with Crippen molar-refractivity contribution in [1.82, 2.24) is 9.97 Å². The third kappa shape index (κ3) is 3.44. The van der Waals surface area contributed by atoms with Crippen LogP contribution in [0, 0.1) is 0 Å². The minimum atomic E-state index is -4.49. The van der Waals surface area contributed by atoms with Gasteiger partial charge in [0, 0.05) is 28.9 Å². The summed E-state index contributed by atoms with van der Waals surface area (Å²) in [4.78, 5) is 21.0. The second-order valence-electron chi connectivity index (χ2n) is 6.06. The van der Waals surface area contributed by atoms with Crippen LogP contribution in [-0.4, -0.2) is 16.0 Å². The normalized spacial score (nSPS) is 11.5. The summed E-state index contributed by atoms with van der Waals surface area (Å²) in [6.45, 7) is 0. The molecule has 0 aliphatic rings. The number of urea groups is 1. The molecule has 0 unspecified atom stereocenters. The van der Waals surface area contributed by atoms with Crippen molar-refractivity contribution in [2.24, 2.45) is 0 Å². The summed E-state index contributed by atoms with van der Waals surface area (Å²) < 4.78 is 38.5. The van der Waals surface area contributed by atoms with E-state index in [2.05, 4.69) is 20.6 Å². The highest BCUT2D eigenvalue weighted by Gasteiger charge is 2.30. The molecule has 0 aliphatic heterocycles. The Labute approximate surface area is 157 Å². The van der Waals surface area contributed by atoms with Crippen LogP contribution in [0.15, 0.2) is 67.0 Å². The minimum Gasteiger partial charge on any atom is -0.308 e. The number of anilines is 2. The zero-order valence-corrected chi connectivity index (χ0v) is 14.3. The number of benzene rings is 2. The van der Waals surface area contributed by atoms with Gasteiger partial charge >= 0.3 is 12.2 Å². The number of pyridine rings is 2. The molecular formula is C20H13F3N4O. The van der Waals surface area contributed by atoms with E-state index >= 15 is 0 Å². The highest BCUT2D eigenvalue weighted by Crippen LogP contribution is 2.31. The van der Waals surface area contributed by atoms with Gasteiger partial charge in [-0.1, -0.05) is 12.1 Å². The molecule has 2 aromatic heterocycles. The second kappa shape index (κ2) is 6.80. The molecule has 2 N–H and O–H groups in total. The Balaban J connectivity index is 1.65. The first-order chi connectivity index (χ1) is 13.4. The molecule has 2 heterocycles. The number of aromatic nitrogens is 2. The summed E-state index contributed by atoms with van der Waals surface area (Å²) in [5.41, 5.74) is 0.907. The molecule has 140 valence electrons. The van der Waals surface area contributed by atoms with Gasteiger partial charge in [0.05, 0.1) is 22.3 Å². The molecule has 0 aliphatic carbocycles. The molecule has 8 heteroatoms. The zero-order chi connectivity index (χ0) is 19.7. The summed E-state index contributed by atoms with van der Waals surface area (Å²) in [6, 6.07) is 12.7. The first kappa shape index (κ1) is 17.7. The van der Waals surface area contributed by atoms with Gasteiger partial charge < -0.3 is 10.6 Å². The van der Waals surface area contributed by atoms with Crippen molar-refractivity contribution in [3.05, 3.63) is 72.6 Å². The Morgan fingerprint density at radius 2 is 1.61 bits per heavy atom. The smallest absolute Gasteiger partial charge is 0.308 e. The third-order valence-electron chi connectivity index (χ3n) is 4.15. The lowest BCUT2D eigenvalue weighted by Gasteiger charge is -2.12. The van der Waals surface area contributed by atoms with E-state index in [9.17, 15) is 18.0 Å². The van der Waals surface area contributed by atoms with Crippen LogP contribution in [0.1, 0.15) is 5.56 Å². The monoisotopic (exact) mass is 382 g/mol. The highest BCUT2D eigenvalue weighted by molar-refractivity contribution is 6.13. The highest BCUT2D eigenvalue weighted by atomic mass is 19.4. The maximum absolute atomic E-state index is 12.8. The topological polar surface area (TPSA) is 66.9 Å². The number of hydrogen-bond donors (Lipinski definition) is 2. The number of amides is 2. The number of halogens is 3. The molecule has 0 bridgehead atoms. The molecule has 0 spiro atoms. The maximum atomic E-state index is 12.8. The predicted molar refractivity (Wildman–Crippen MR) is 101 cm³/mol. The van der Waals surface area contributed by atoms with E-state index in [-0.39, 0.29) is 5.69 Å². The van der Waals surface area contributed by atoms with Gasteiger partial charge in [0.15, 0.2) is 0 Å². The molecule has 0 radical (unpaired) electrons. The van der Waals surface area contributed by atoms with Crippen LogP contribution in [0.5, 0.6) is 0 Å². The van der Waals surface area contributed by atoms with E-state index in [1.807, 2.05) is 12.1 Å². The molecular weight excluding hydrogens is 369 g/mol. The number of alkyl halides is 3. The maximum Gasteiger partial charge on any atom is 0.416 e. The fourth-order valence-electron chi connectivity index (χ4n) is 2.95. The number of carbonyl (C=O) groups is 1. The van der Waals surface area contributed by atoms with E-state index in [1.54, 1.807) is 30.6 Å². The quantitative estimate of drug-likeness (QED) is 0.453. The van der Waals surface area contributed by atoms with E-state index < -0.39 is 17.8 Å². The Morgan fingerprint density at radius 3 is 2.39 bits per heavy atom. The van der Waals surface area contributed by atoms with Crippen LogP contribution in [0.25, 0.3) is 21.8 Å². The fraction of sp³-hybridized carbons (Fsp3) is 0.0500. The molecule has 0 saturated carbocycles. The van der Waals surface area contributed by atoms with Crippen molar-refractivity contribution in [3.63, 3.8) is 0 Å². The van der Waals surface area contributed by atoms with Gasteiger partial charge in [0.2, 0.25) is 0 Å². The van der Waals surface area contributed by atoms with Crippen molar-refractivity contribution in [2.75, 3.05) is 10.6 Å². The number of rotatable bonds is 2. The van der Waals surface area contributed by atoms with E-state index in [0.717, 1.165) is 28.4 Å². The lowest BCUT2D eigenvalue weighted by molar-refractivity contribution is -0.137. The number of nitrogens with one attached hydrogen (secondary N) is 2. The van der Waals surface area contributed by atoms with Gasteiger partial charge in [-0.25, -0.2) is 4.79 Å². The van der Waals surface area contributed by atoms with Gasteiger partial charge in [-0.15, -0.1) is 0 Å². The van der Waals surface area contributed by atoms with E-state index in [0.29, 0.717) is 11.2 Å². The van der Waals surface area contributed by atoms with Gasteiger partial charge in [0.1, 0.15) is 0 Å². The lowest BCUT2D eigenvalue weighted by atomic mass is 10.1. The number of nitrogens with zero attached hydrogens (tertiary/aromatic N) is 2. The Hall–Kier alpha value is -3.68. The van der Waals surface area contributed by atoms with E-state index in [1.165, 1.54) is 12.1 Å². The Kier molecular flexibility index (Phi) is 4.31. The molecule has 4 rings (SSSR count). The third-order valence-corrected chi connectivity index (χ3v) is 4.15.